The number of aromatic amines is 1. The molecule has 104 valence electrons. The lowest BCUT2D eigenvalue weighted by Crippen LogP contribution is -2.29. The van der Waals surface area contributed by atoms with E-state index in [1.807, 2.05) is 13.8 Å². The van der Waals surface area contributed by atoms with Crippen LogP contribution in [0.4, 0.5) is 0 Å². The lowest BCUT2D eigenvalue weighted by molar-refractivity contribution is 0.153. The summed E-state index contributed by atoms with van der Waals surface area (Å²) < 4.78 is 31.5. The van der Waals surface area contributed by atoms with E-state index in [-0.39, 0.29) is 11.6 Å². The van der Waals surface area contributed by atoms with Gasteiger partial charge in [0.25, 0.3) is 10.0 Å². The van der Waals surface area contributed by atoms with Crippen LogP contribution in [0.15, 0.2) is 11.2 Å². The number of H-pyrrole nitrogens is 1. The fourth-order valence-electron chi connectivity index (χ4n) is 1.38. The summed E-state index contributed by atoms with van der Waals surface area (Å²) in [6.07, 6.45) is 1.51. The van der Waals surface area contributed by atoms with Gasteiger partial charge < -0.3 is 10.1 Å². The van der Waals surface area contributed by atoms with Gasteiger partial charge in [-0.1, -0.05) is 6.92 Å². The second-order valence-corrected chi connectivity index (χ2v) is 5.30. The van der Waals surface area contributed by atoms with Crippen LogP contribution in [0, 0.1) is 0 Å². The van der Waals surface area contributed by atoms with E-state index in [2.05, 4.69) is 20.2 Å². The van der Waals surface area contributed by atoms with Gasteiger partial charge >= 0.3 is 0 Å². The Morgan fingerprint density at radius 1 is 1.44 bits per heavy atom. The molecule has 18 heavy (non-hydrogen) atoms. The molecule has 0 amide bonds. The van der Waals surface area contributed by atoms with Crippen LogP contribution >= 0.6 is 0 Å². The molecular formula is C10H20N4O3S. The fraction of sp³-hybridized carbons (Fsp3) is 0.700. The molecule has 0 saturated heterocycles. The topological polar surface area (TPSA) is 96.1 Å². The molecule has 0 aliphatic carbocycles. The van der Waals surface area contributed by atoms with Gasteiger partial charge in [-0.25, -0.2) is 13.1 Å². The van der Waals surface area contributed by atoms with Crippen LogP contribution in [0.25, 0.3) is 0 Å². The zero-order valence-corrected chi connectivity index (χ0v) is 11.5. The SMILES string of the molecule is CCNCc1cn[nH]c1S(=O)(=O)NCCOCC. The van der Waals surface area contributed by atoms with Crippen LogP contribution in [-0.4, -0.2) is 44.9 Å². The Labute approximate surface area is 107 Å². The van der Waals surface area contributed by atoms with Crippen molar-refractivity contribution in [2.75, 3.05) is 26.3 Å². The first-order chi connectivity index (χ1) is 8.61. The summed E-state index contributed by atoms with van der Waals surface area (Å²) in [5.74, 6) is 0. The Kier molecular flexibility index (Phi) is 6.27. The molecule has 3 N–H and O–H groups in total. The van der Waals surface area contributed by atoms with Gasteiger partial charge in [-0.3, -0.25) is 5.10 Å². The van der Waals surface area contributed by atoms with Crippen LogP contribution in [0.5, 0.6) is 0 Å². The molecule has 0 aliphatic rings. The van der Waals surface area contributed by atoms with Crippen LogP contribution in [0.1, 0.15) is 19.4 Å². The third kappa shape index (κ3) is 4.37. The highest BCUT2D eigenvalue weighted by molar-refractivity contribution is 7.89. The van der Waals surface area contributed by atoms with E-state index in [0.29, 0.717) is 25.3 Å². The number of nitrogens with zero attached hydrogens (tertiary/aromatic N) is 1. The maximum absolute atomic E-state index is 12.0. The largest absolute Gasteiger partial charge is 0.380 e. The smallest absolute Gasteiger partial charge is 0.257 e. The first kappa shape index (κ1) is 15.1. The third-order valence-electron chi connectivity index (χ3n) is 2.25. The summed E-state index contributed by atoms with van der Waals surface area (Å²) in [7, 11) is -3.55. The van der Waals surface area contributed by atoms with Gasteiger partial charge in [0.05, 0.1) is 12.8 Å². The summed E-state index contributed by atoms with van der Waals surface area (Å²) in [5.41, 5.74) is 0.626. The highest BCUT2D eigenvalue weighted by Crippen LogP contribution is 2.10. The molecule has 7 nitrogen and oxygen atoms in total. The maximum atomic E-state index is 12.0. The van der Waals surface area contributed by atoms with Crippen molar-refractivity contribution in [1.29, 1.82) is 0 Å². The number of aromatic nitrogens is 2. The molecular weight excluding hydrogens is 256 g/mol. The lowest BCUT2D eigenvalue weighted by Gasteiger charge is -2.07. The van der Waals surface area contributed by atoms with Gasteiger partial charge in [0.2, 0.25) is 0 Å². The van der Waals surface area contributed by atoms with Crippen LogP contribution in [-0.2, 0) is 21.3 Å². The normalized spacial score (nSPS) is 11.9. The van der Waals surface area contributed by atoms with E-state index < -0.39 is 10.0 Å². The first-order valence-electron chi connectivity index (χ1n) is 5.92. The lowest BCUT2D eigenvalue weighted by atomic mass is 10.3. The minimum Gasteiger partial charge on any atom is -0.380 e. The zero-order chi connectivity index (χ0) is 13.4. The van der Waals surface area contributed by atoms with Crippen molar-refractivity contribution in [2.45, 2.75) is 25.4 Å². The molecule has 0 fully saturated rings. The van der Waals surface area contributed by atoms with Crippen LogP contribution in [0.2, 0.25) is 0 Å². The van der Waals surface area contributed by atoms with Gasteiger partial charge in [-0.15, -0.1) is 0 Å². The van der Waals surface area contributed by atoms with Crippen molar-refractivity contribution >= 4 is 10.0 Å². The number of nitrogens with one attached hydrogen (secondary N) is 3. The molecule has 0 radical (unpaired) electrons. The highest BCUT2D eigenvalue weighted by Gasteiger charge is 2.19. The molecule has 1 rings (SSSR count). The molecule has 1 heterocycles. The molecule has 1 aromatic rings. The minimum absolute atomic E-state index is 0.111. The average molecular weight is 276 g/mol. The van der Waals surface area contributed by atoms with Crippen molar-refractivity contribution in [3.8, 4) is 0 Å². The second-order valence-electron chi connectivity index (χ2n) is 3.60. The third-order valence-corrected chi connectivity index (χ3v) is 3.73. The molecule has 8 heteroatoms. The number of sulfonamides is 1. The zero-order valence-electron chi connectivity index (χ0n) is 10.7. The molecule has 0 aliphatic heterocycles. The van der Waals surface area contributed by atoms with E-state index in [0.717, 1.165) is 6.54 Å². The van der Waals surface area contributed by atoms with E-state index in [4.69, 9.17) is 4.74 Å². The predicted octanol–water partition coefficient (Wildman–Crippen LogP) is -0.166. The summed E-state index contributed by atoms with van der Waals surface area (Å²) in [6.45, 7) is 6.21. The summed E-state index contributed by atoms with van der Waals surface area (Å²) >= 11 is 0. The van der Waals surface area contributed by atoms with Crippen molar-refractivity contribution in [1.82, 2.24) is 20.2 Å². The monoisotopic (exact) mass is 276 g/mol. The number of hydrogen-bond acceptors (Lipinski definition) is 5. The van der Waals surface area contributed by atoms with Gasteiger partial charge in [0, 0.05) is 25.3 Å². The van der Waals surface area contributed by atoms with E-state index in [9.17, 15) is 8.42 Å². The Morgan fingerprint density at radius 3 is 2.89 bits per heavy atom. The molecule has 0 bridgehead atoms. The molecule has 0 spiro atoms. The van der Waals surface area contributed by atoms with E-state index >= 15 is 0 Å². The summed E-state index contributed by atoms with van der Waals surface area (Å²) in [4.78, 5) is 0. The Bertz CT molecular complexity index is 444. The maximum Gasteiger partial charge on any atom is 0.257 e. The summed E-state index contributed by atoms with van der Waals surface area (Å²) in [5, 5.41) is 9.46. The average Bonchev–Trinajstić information content (AvgIpc) is 2.81. The van der Waals surface area contributed by atoms with Crippen molar-refractivity contribution in [3.05, 3.63) is 11.8 Å². The molecule has 0 aromatic carbocycles. The number of ether oxygens (including phenoxy) is 1. The quantitative estimate of drug-likeness (QED) is 0.544. The van der Waals surface area contributed by atoms with E-state index in [1.165, 1.54) is 6.20 Å². The number of rotatable bonds is 9. The Hall–Kier alpha value is -0.960. The standard InChI is InChI=1S/C10H20N4O3S/c1-3-11-7-9-8-12-14-10(9)18(15,16)13-5-6-17-4-2/h8,11,13H,3-7H2,1-2H3,(H,12,14). The van der Waals surface area contributed by atoms with E-state index in [1.54, 1.807) is 0 Å². The number of hydrogen-bond donors (Lipinski definition) is 3. The molecule has 0 unspecified atom stereocenters. The second kappa shape index (κ2) is 7.47. The van der Waals surface area contributed by atoms with Crippen molar-refractivity contribution in [2.24, 2.45) is 0 Å². The summed E-state index contributed by atoms with van der Waals surface area (Å²) in [6, 6.07) is 0. The van der Waals surface area contributed by atoms with Crippen LogP contribution < -0.4 is 10.0 Å². The van der Waals surface area contributed by atoms with Gasteiger partial charge in [-0.2, -0.15) is 5.10 Å². The van der Waals surface area contributed by atoms with Crippen molar-refractivity contribution in [3.63, 3.8) is 0 Å². The highest BCUT2D eigenvalue weighted by atomic mass is 32.2. The van der Waals surface area contributed by atoms with Gasteiger partial charge in [0.15, 0.2) is 5.03 Å². The van der Waals surface area contributed by atoms with Crippen LogP contribution in [0.3, 0.4) is 0 Å². The van der Waals surface area contributed by atoms with Gasteiger partial charge in [0.1, 0.15) is 0 Å². The Morgan fingerprint density at radius 2 is 2.22 bits per heavy atom. The Balaban J connectivity index is 2.63. The predicted molar refractivity (Wildman–Crippen MR) is 67.6 cm³/mol. The molecule has 1 aromatic heterocycles. The van der Waals surface area contributed by atoms with Gasteiger partial charge in [-0.05, 0) is 13.5 Å². The van der Waals surface area contributed by atoms with Crippen molar-refractivity contribution < 1.29 is 13.2 Å². The molecule has 0 saturated carbocycles. The fourth-order valence-corrected chi connectivity index (χ4v) is 2.52. The molecule has 0 atom stereocenters. The minimum atomic E-state index is -3.55. The first-order valence-corrected chi connectivity index (χ1v) is 7.40.